The van der Waals surface area contributed by atoms with Crippen molar-refractivity contribution in [1.29, 1.82) is 0 Å². The van der Waals surface area contributed by atoms with Crippen LogP contribution in [0.25, 0.3) is 16.6 Å². The maximum atomic E-state index is 12.7. The van der Waals surface area contributed by atoms with Gasteiger partial charge in [0.05, 0.1) is 17.4 Å². The molecule has 1 atom stereocenters. The Hall–Kier alpha value is -4.13. The van der Waals surface area contributed by atoms with E-state index in [1.54, 1.807) is 0 Å². The molecule has 0 saturated carbocycles. The minimum absolute atomic E-state index is 0.111. The zero-order valence-corrected chi connectivity index (χ0v) is 19.3. The standard InChI is InChI=1S/C27H28N4O3/c1-19-7-6-10-24(15-19)31-25-16-23(12-11-22(25)17-29-31)30-26(32)20(2)13-14-28-27(33)34-18-21-8-4-3-5-9-21/h3-12,15-17,20H,13-14,18H2,1-2H3,(H,28,33)(H,30,32)/t20-/m0/s1. The summed E-state index contributed by atoms with van der Waals surface area (Å²) in [6, 6.07) is 23.3. The van der Waals surface area contributed by atoms with Crippen LogP contribution >= 0.6 is 0 Å². The fourth-order valence-corrected chi connectivity index (χ4v) is 3.62. The van der Waals surface area contributed by atoms with Crippen molar-refractivity contribution in [2.75, 3.05) is 11.9 Å². The number of ether oxygens (including phenoxy) is 1. The van der Waals surface area contributed by atoms with Gasteiger partial charge in [-0.3, -0.25) is 4.79 Å². The molecule has 0 unspecified atom stereocenters. The average molecular weight is 457 g/mol. The lowest BCUT2D eigenvalue weighted by molar-refractivity contribution is -0.119. The number of alkyl carbamates (subject to hydrolysis) is 1. The number of aryl methyl sites for hydroxylation is 1. The SMILES string of the molecule is Cc1cccc(-n2ncc3ccc(NC(=O)[C@@H](C)CCNC(=O)OCc4ccccc4)cc32)c1. The Labute approximate surface area is 198 Å². The second-order valence-electron chi connectivity index (χ2n) is 8.34. The summed E-state index contributed by atoms with van der Waals surface area (Å²) in [5.41, 5.74) is 4.66. The van der Waals surface area contributed by atoms with Crippen LogP contribution < -0.4 is 10.6 Å². The van der Waals surface area contributed by atoms with Crippen LogP contribution in [0.4, 0.5) is 10.5 Å². The number of nitrogens with one attached hydrogen (secondary N) is 2. The van der Waals surface area contributed by atoms with Crippen LogP contribution in [0.3, 0.4) is 0 Å². The van der Waals surface area contributed by atoms with Crippen molar-refractivity contribution in [3.05, 3.63) is 90.1 Å². The fourth-order valence-electron chi connectivity index (χ4n) is 3.62. The fraction of sp³-hybridized carbons (Fsp3) is 0.222. The minimum Gasteiger partial charge on any atom is -0.445 e. The van der Waals surface area contributed by atoms with E-state index in [1.807, 2.05) is 91.5 Å². The molecule has 7 heteroatoms. The molecule has 1 heterocycles. The second kappa shape index (κ2) is 10.7. The molecule has 2 amide bonds. The first-order chi connectivity index (χ1) is 16.5. The Bertz CT molecular complexity index is 1280. The lowest BCUT2D eigenvalue weighted by Gasteiger charge is -2.13. The number of fused-ring (bicyclic) bond motifs is 1. The molecule has 0 radical (unpaired) electrons. The van der Waals surface area contributed by atoms with Crippen molar-refractivity contribution in [1.82, 2.24) is 15.1 Å². The van der Waals surface area contributed by atoms with Gasteiger partial charge in [-0.2, -0.15) is 5.10 Å². The largest absolute Gasteiger partial charge is 0.445 e. The normalized spacial score (nSPS) is 11.7. The number of anilines is 1. The molecule has 1 aromatic heterocycles. The van der Waals surface area contributed by atoms with Crippen molar-refractivity contribution in [3.63, 3.8) is 0 Å². The van der Waals surface area contributed by atoms with Gasteiger partial charge in [0, 0.05) is 23.5 Å². The highest BCUT2D eigenvalue weighted by Gasteiger charge is 2.15. The van der Waals surface area contributed by atoms with Gasteiger partial charge in [0.2, 0.25) is 5.91 Å². The summed E-state index contributed by atoms with van der Waals surface area (Å²) in [5.74, 6) is -0.396. The van der Waals surface area contributed by atoms with E-state index in [0.29, 0.717) is 18.7 Å². The van der Waals surface area contributed by atoms with Crippen molar-refractivity contribution >= 4 is 28.6 Å². The number of rotatable bonds is 8. The summed E-state index contributed by atoms with van der Waals surface area (Å²) in [7, 11) is 0. The van der Waals surface area contributed by atoms with Crippen LogP contribution in [0, 0.1) is 12.8 Å². The maximum absolute atomic E-state index is 12.7. The molecule has 34 heavy (non-hydrogen) atoms. The van der Waals surface area contributed by atoms with E-state index < -0.39 is 6.09 Å². The Balaban J connectivity index is 1.30. The lowest BCUT2D eigenvalue weighted by Crippen LogP contribution is -2.29. The highest BCUT2D eigenvalue weighted by atomic mass is 16.5. The van der Waals surface area contributed by atoms with E-state index in [0.717, 1.165) is 27.7 Å². The molecule has 0 aliphatic carbocycles. The molecule has 3 aromatic carbocycles. The van der Waals surface area contributed by atoms with Crippen molar-refractivity contribution in [2.45, 2.75) is 26.9 Å². The van der Waals surface area contributed by atoms with E-state index in [-0.39, 0.29) is 18.4 Å². The third-order valence-corrected chi connectivity index (χ3v) is 5.59. The van der Waals surface area contributed by atoms with Crippen molar-refractivity contribution < 1.29 is 14.3 Å². The first-order valence-corrected chi connectivity index (χ1v) is 11.3. The molecule has 2 N–H and O–H groups in total. The Morgan fingerprint density at radius 2 is 1.85 bits per heavy atom. The van der Waals surface area contributed by atoms with Gasteiger partial charge in [-0.15, -0.1) is 0 Å². The number of aromatic nitrogens is 2. The van der Waals surface area contributed by atoms with Crippen LogP contribution in [0.5, 0.6) is 0 Å². The van der Waals surface area contributed by atoms with E-state index in [4.69, 9.17) is 4.74 Å². The zero-order valence-electron chi connectivity index (χ0n) is 19.3. The van der Waals surface area contributed by atoms with Gasteiger partial charge >= 0.3 is 6.09 Å². The predicted molar refractivity (Wildman–Crippen MR) is 133 cm³/mol. The molecule has 4 rings (SSSR count). The molecular formula is C27H28N4O3. The molecule has 0 spiro atoms. The summed E-state index contributed by atoms with van der Waals surface area (Å²) < 4.78 is 7.06. The topological polar surface area (TPSA) is 85.3 Å². The smallest absolute Gasteiger partial charge is 0.407 e. The highest BCUT2D eigenvalue weighted by Crippen LogP contribution is 2.23. The Morgan fingerprint density at radius 3 is 2.65 bits per heavy atom. The van der Waals surface area contributed by atoms with Crippen LogP contribution in [-0.2, 0) is 16.1 Å². The molecule has 174 valence electrons. The third kappa shape index (κ3) is 5.81. The third-order valence-electron chi connectivity index (χ3n) is 5.59. The predicted octanol–water partition coefficient (Wildman–Crippen LogP) is 5.23. The number of hydrogen-bond donors (Lipinski definition) is 2. The van der Waals surface area contributed by atoms with Crippen molar-refractivity contribution in [3.8, 4) is 5.69 Å². The van der Waals surface area contributed by atoms with Gasteiger partial charge in [-0.1, -0.05) is 49.4 Å². The van der Waals surface area contributed by atoms with Gasteiger partial charge < -0.3 is 15.4 Å². The molecule has 0 fully saturated rings. The van der Waals surface area contributed by atoms with E-state index >= 15 is 0 Å². The first-order valence-electron chi connectivity index (χ1n) is 11.3. The molecule has 7 nitrogen and oxygen atoms in total. The molecule has 0 aliphatic rings. The summed E-state index contributed by atoms with van der Waals surface area (Å²) in [6.45, 7) is 4.44. The summed E-state index contributed by atoms with van der Waals surface area (Å²) in [6.07, 6.45) is 1.82. The zero-order chi connectivity index (χ0) is 23.9. The number of amides is 2. The monoisotopic (exact) mass is 456 g/mol. The number of benzene rings is 3. The Kier molecular flexibility index (Phi) is 7.22. The summed E-state index contributed by atoms with van der Waals surface area (Å²) in [5, 5.41) is 11.2. The number of nitrogens with zero attached hydrogens (tertiary/aromatic N) is 2. The molecule has 4 aromatic rings. The summed E-state index contributed by atoms with van der Waals surface area (Å²) >= 11 is 0. The van der Waals surface area contributed by atoms with Crippen LogP contribution in [0.2, 0.25) is 0 Å². The van der Waals surface area contributed by atoms with Gasteiger partial charge in [-0.25, -0.2) is 9.48 Å². The van der Waals surface area contributed by atoms with E-state index in [9.17, 15) is 9.59 Å². The van der Waals surface area contributed by atoms with Crippen LogP contribution in [-0.4, -0.2) is 28.3 Å². The quantitative estimate of drug-likeness (QED) is 0.380. The van der Waals surface area contributed by atoms with Crippen molar-refractivity contribution in [2.24, 2.45) is 5.92 Å². The highest BCUT2D eigenvalue weighted by molar-refractivity contribution is 5.95. The molecule has 0 aliphatic heterocycles. The molecular weight excluding hydrogens is 428 g/mol. The second-order valence-corrected chi connectivity index (χ2v) is 8.34. The molecule has 0 bridgehead atoms. The maximum Gasteiger partial charge on any atom is 0.407 e. The van der Waals surface area contributed by atoms with Crippen LogP contribution in [0.15, 0.2) is 79.0 Å². The van der Waals surface area contributed by atoms with E-state index in [2.05, 4.69) is 21.8 Å². The first kappa shape index (κ1) is 23.0. The average Bonchev–Trinajstić information content (AvgIpc) is 3.26. The van der Waals surface area contributed by atoms with E-state index in [1.165, 1.54) is 0 Å². The lowest BCUT2D eigenvalue weighted by atomic mass is 10.1. The van der Waals surface area contributed by atoms with Gasteiger partial charge in [-0.05, 0) is 54.8 Å². The number of carbonyl (C=O) groups is 2. The Morgan fingerprint density at radius 1 is 1.03 bits per heavy atom. The minimum atomic E-state index is -0.494. The number of carbonyl (C=O) groups excluding carboxylic acids is 2. The molecule has 0 saturated heterocycles. The summed E-state index contributed by atoms with van der Waals surface area (Å²) in [4.78, 5) is 24.6. The van der Waals surface area contributed by atoms with Gasteiger partial charge in [0.15, 0.2) is 0 Å². The van der Waals surface area contributed by atoms with Gasteiger partial charge in [0.25, 0.3) is 0 Å². The van der Waals surface area contributed by atoms with Crippen LogP contribution in [0.1, 0.15) is 24.5 Å². The van der Waals surface area contributed by atoms with Gasteiger partial charge in [0.1, 0.15) is 6.61 Å². The number of hydrogen-bond acceptors (Lipinski definition) is 4.